The number of nitrogens with zero attached hydrogens (tertiary/aromatic N) is 3. The molecule has 1 aromatic rings. The highest BCUT2D eigenvalue weighted by molar-refractivity contribution is 5.99. The van der Waals surface area contributed by atoms with E-state index >= 15 is 0 Å². The lowest BCUT2D eigenvalue weighted by Crippen LogP contribution is -2.56. The Bertz CT molecular complexity index is 806. The molecule has 30 heavy (non-hydrogen) atoms. The monoisotopic (exact) mass is 413 g/mol. The minimum absolute atomic E-state index is 0.0576. The van der Waals surface area contributed by atoms with Crippen LogP contribution in [-0.2, 0) is 4.79 Å². The average Bonchev–Trinajstić information content (AvgIpc) is 2.80. The number of likely N-dealkylation sites (tertiary alicyclic amines) is 2. The Kier molecular flexibility index (Phi) is 5.80. The largest absolute Gasteiger partial charge is 0.484 e. The molecule has 1 aromatic carbocycles. The molecule has 3 aliphatic heterocycles. The second-order valence-corrected chi connectivity index (χ2v) is 9.68. The molecule has 0 radical (unpaired) electrons. The van der Waals surface area contributed by atoms with E-state index in [2.05, 4.69) is 25.8 Å². The predicted molar refractivity (Wildman–Crippen MR) is 117 cm³/mol. The molecule has 0 aromatic heterocycles. The molecule has 0 bridgehead atoms. The summed E-state index contributed by atoms with van der Waals surface area (Å²) in [5.41, 5.74) is 1.18. The summed E-state index contributed by atoms with van der Waals surface area (Å²) in [5.74, 6) is 0.627. The summed E-state index contributed by atoms with van der Waals surface area (Å²) < 4.78 is 6.54. The summed E-state index contributed by atoms with van der Waals surface area (Å²) in [6.07, 6.45) is 4.93. The van der Waals surface area contributed by atoms with Gasteiger partial charge in [-0.3, -0.25) is 9.59 Å². The van der Waals surface area contributed by atoms with E-state index in [0.717, 1.165) is 50.8 Å². The molecular formula is C24H35N3O3. The van der Waals surface area contributed by atoms with Gasteiger partial charge in [0.05, 0.1) is 12.1 Å². The van der Waals surface area contributed by atoms with Crippen LogP contribution in [0.5, 0.6) is 5.75 Å². The van der Waals surface area contributed by atoms with E-state index < -0.39 is 5.60 Å². The molecule has 0 aliphatic carbocycles. The summed E-state index contributed by atoms with van der Waals surface area (Å²) in [5, 5.41) is 0. The molecular weight excluding hydrogens is 378 g/mol. The fraction of sp³-hybridized carbons (Fsp3) is 0.667. The van der Waals surface area contributed by atoms with Crippen LogP contribution in [-0.4, -0.2) is 77.4 Å². The van der Waals surface area contributed by atoms with Gasteiger partial charge in [-0.2, -0.15) is 0 Å². The molecule has 0 N–H and O–H groups in total. The lowest BCUT2D eigenvalue weighted by molar-refractivity contribution is -0.138. The number of carbonyl (C=O) groups is 2. The van der Waals surface area contributed by atoms with Gasteiger partial charge in [0.25, 0.3) is 5.91 Å². The zero-order valence-corrected chi connectivity index (χ0v) is 18.8. The van der Waals surface area contributed by atoms with Gasteiger partial charge in [-0.15, -0.1) is 0 Å². The Labute approximate surface area is 180 Å². The van der Waals surface area contributed by atoms with Gasteiger partial charge in [-0.25, -0.2) is 0 Å². The molecule has 3 heterocycles. The van der Waals surface area contributed by atoms with Crippen LogP contribution in [0.2, 0.25) is 0 Å². The second kappa shape index (κ2) is 8.22. The van der Waals surface area contributed by atoms with E-state index in [1.807, 2.05) is 30.0 Å². The van der Waals surface area contributed by atoms with Crippen molar-refractivity contribution >= 4 is 11.8 Å². The highest BCUT2D eigenvalue weighted by Gasteiger charge is 2.43. The molecule has 164 valence electrons. The minimum Gasteiger partial charge on any atom is -0.484 e. The summed E-state index contributed by atoms with van der Waals surface area (Å²) in [7, 11) is 2.12. The molecule has 2 amide bonds. The Hall–Kier alpha value is -2.08. The fourth-order valence-electron chi connectivity index (χ4n) is 5.33. The molecule has 0 saturated carbocycles. The lowest BCUT2D eigenvalue weighted by atomic mass is 9.90. The highest BCUT2D eigenvalue weighted by atomic mass is 16.5. The van der Waals surface area contributed by atoms with Crippen molar-refractivity contribution in [2.24, 2.45) is 0 Å². The number of ether oxygens (including phenoxy) is 1. The van der Waals surface area contributed by atoms with Crippen molar-refractivity contribution in [3.63, 3.8) is 0 Å². The van der Waals surface area contributed by atoms with Crippen LogP contribution in [0.4, 0.5) is 0 Å². The number of rotatable bonds is 2. The van der Waals surface area contributed by atoms with Crippen LogP contribution in [0.25, 0.3) is 0 Å². The van der Waals surface area contributed by atoms with E-state index in [4.69, 9.17) is 4.74 Å². The molecule has 4 rings (SSSR count). The predicted octanol–water partition coefficient (Wildman–Crippen LogP) is 3.08. The zero-order valence-electron chi connectivity index (χ0n) is 18.8. The quantitative estimate of drug-likeness (QED) is 0.748. The van der Waals surface area contributed by atoms with Crippen molar-refractivity contribution < 1.29 is 14.3 Å². The van der Waals surface area contributed by atoms with Gasteiger partial charge in [0.15, 0.2) is 0 Å². The molecule has 6 heteroatoms. The molecule has 6 nitrogen and oxygen atoms in total. The summed E-state index contributed by atoms with van der Waals surface area (Å²) in [6.45, 7) is 8.68. The maximum atomic E-state index is 13.5. The standard InChI is InChI=1S/C24H35N3O3/c1-17-8-9-21-20(14-17)23(29)26(16-24(30-21)10-12-25(4)13-11-24)15-22(28)27-18(2)6-5-7-19(27)3/h8-9,14,18-19H,5-7,10-13,15-16H2,1-4H3. The third-order valence-electron chi connectivity index (χ3n) is 7.16. The van der Waals surface area contributed by atoms with Crippen molar-refractivity contribution in [2.75, 3.05) is 33.2 Å². The van der Waals surface area contributed by atoms with Crippen LogP contribution in [0.15, 0.2) is 18.2 Å². The first-order valence-corrected chi connectivity index (χ1v) is 11.4. The normalized spacial score (nSPS) is 26.9. The third-order valence-corrected chi connectivity index (χ3v) is 7.16. The Morgan fingerprint density at radius 3 is 2.50 bits per heavy atom. The number of piperidine rings is 2. The zero-order chi connectivity index (χ0) is 21.5. The number of fused-ring (bicyclic) bond motifs is 1. The fourth-order valence-corrected chi connectivity index (χ4v) is 5.33. The first-order chi connectivity index (χ1) is 14.3. The first kappa shape index (κ1) is 21.2. The number of benzene rings is 1. The number of hydrogen-bond acceptors (Lipinski definition) is 4. The molecule has 2 unspecified atom stereocenters. The first-order valence-electron chi connectivity index (χ1n) is 11.4. The molecule has 2 fully saturated rings. The van der Waals surface area contributed by atoms with Crippen molar-refractivity contribution in [3.8, 4) is 5.75 Å². The Balaban J connectivity index is 1.63. The maximum Gasteiger partial charge on any atom is 0.258 e. The SMILES string of the molecule is Cc1ccc2c(c1)C(=O)N(CC(=O)N1C(C)CCCC1C)CC1(CCN(C)CC1)O2. The maximum absolute atomic E-state index is 13.5. The van der Waals surface area contributed by atoms with Gasteiger partial charge in [-0.05, 0) is 59.2 Å². The summed E-state index contributed by atoms with van der Waals surface area (Å²) >= 11 is 0. The van der Waals surface area contributed by atoms with Crippen LogP contribution in [0, 0.1) is 6.92 Å². The minimum atomic E-state index is -0.428. The Morgan fingerprint density at radius 1 is 1.17 bits per heavy atom. The summed E-state index contributed by atoms with van der Waals surface area (Å²) in [4.78, 5) is 32.9. The average molecular weight is 414 g/mol. The van der Waals surface area contributed by atoms with Gasteiger partial charge < -0.3 is 19.4 Å². The van der Waals surface area contributed by atoms with Crippen LogP contribution in [0.3, 0.4) is 0 Å². The van der Waals surface area contributed by atoms with E-state index in [0.29, 0.717) is 17.9 Å². The van der Waals surface area contributed by atoms with Crippen LogP contribution in [0.1, 0.15) is 61.9 Å². The molecule has 3 aliphatic rings. The highest BCUT2D eigenvalue weighted by Crippen LogP contribution is 2.36. The van der Waals surface area contributed by atoms with Crippen molar-refractivity contribution in [3.05, 3.63) is 29.3 Å². The topological polar surface area (TPSA) is 53.1 Å². The third kappa shape index (κ3) is 4.07. The van der Waals surface area contributed by atoms with E-state index in [-0.39, 0.29) is 30.4 Å². The summed E-state index contributed by atoms with van der Waals surface area (Å²) in [6, 6.07) is 6.27. The van der Waals surface area contributed by atoms with Crippen molar-refractivity contribution in [1.29, 1.82) is 0 Å². The van der Waals surface area contributed by atoms with Crippen molar-refractivity contribution in [2.45, 2.75) is 70.6 Å². The smallest absolute Gasteiger partial charge is 0.258 e. The number of carbonyl (C=O) groups excluding carboxylic acids is 2. The van der Waals surface area contributed by atoms with Crippen molar-refractivity contribution in [1.82, 2.24) is 14.7 Å². The molecule has 2 saturated heterocycles. The number of amides is 2. The number of hydrogen-bond donors (Lipinski definition) is 0. The van der Waals surface area contributed by atoms with E-state index in [1.165, 1.54) is 0 Å². The van der Waals surface area contributed by atoms with Gasteiger partial charge in [0.1, 0.15) is 17.9 Å². The molecule has 1 spiro atoms. The number of aryl methyl sites for hydroxylation is 1. The van der Waals surface area contributed by atoms with Gasteiger partial charge >= 0.3 is 0 Å². The van der Waals surface area contributed by atoms with Crippen LogP contribution < -0.4 is 4.74 Å². The van der Waals surface area contributed by atoms with Crippen LogP contribution >= 0.6 is 0 Å². The van der Waals surface area contributed by atoms with Gasteiger partial charge in [0.2, 0.25) is 5.91 Å². The van der Waals surface area contributed by atoms with E-state index in [9.17, 15) is 9.59 Å². The Morgan fingerprint density at radius 2 is 1.83 bits per heavy atom. The lowest BCUT2D eigenvalue weighted by Gasteiger charge is -2.43. The van der Waals surface area contributed by atoms with Gasteiger partial charge in [-0.1, -0.05) is 11.6 Å². The van der Waals surface area contributed by atoms with E-state index in [1.54, 1.807) is 4.90 Å². The molecule has 2 atom stereocenters. The van der Waals surface area contributed by atoms with Gasteiger partial charge in [0, 0.05) is 38.0 Å². The second-order valence-electron chi connectivity index (χ2n) is 9.68.